The van der Waals surface area contributed by atoms with Gasteiger partial charge in [0.05, 0.1) is 25.9 Å². The monoisotopic (exact) mass is 324 g/mol. The van der Waals surface area contributed by atoms with Crippen LogP contribution in [-0.2, 0) is 25.6 Å². The molecule has 1 aromatic rings. The third-order valence-electron chi connectivity index (χ3n) is 4.27. The summed E-state index contributed by atoms with van der Waals surface area (Å²) in [4.78, 5) is 0. The Bertz CT molecular complexity index is 507. The van der Waals surface area contributed by atoms with Crippen LogP contribution < -0.4 is 0 Å². The van der Waals surface area contributed by atoms with Gasteiger partial charge < -0.3 is 29.2 Å². The number of rotatable bonds is 6. The molecule has 0 unspecified atom stereocenters. The largest absolute Gasteiger partial charge is 0.393 e. The number of aliphatic hydroxyl groups is 2. The van der Waals surface area contributed by atoms with Gasteiger partial charge in [0.25, 0.3) is 0 Å². The molecular weight excluding hydrogens is 300 g/mol. The van der Waals surface area contributed by atoms with Crippen LogP contribution in [0.3, 0.4) is 0 Å². The Morgan fingerprint density at radius 2 is 2.04 bits per heavy atom. The Morgan fingerprint density at radius 3 is 2.70 bits per heavy atom. The fourth-order valence-corrected chi connectivity index (χ4v) is 3.03. The van der Waals surface area contributed by atoms with E-state index in [1.165, 1.54) is 0 Å². The van der Waals surface area contributed by atoms with Crippen molar-refractivity contribution in [2.45, 2.75) is 56.8 Å². The van der Waals surface area contributed by atoms with E-state index in [1.54, 1.807) is 0 Å². The normalized spacial score (nSPS) is 36.6. The maximum atomic E-state index is 10.6. The summed E-state index contributed by atoms with van der Waals surface area (Å²) in [6, 6.07) is 9.71. The molecule has 3 heterocycles. The second kappa shape index (κ2) is 6.84. The van der Waals surface area contributed by atoms with Gasteiger partial charge in [0, 0.05) is 0 Å². The Morgan fingerprint density at radius 1 is 1.30 bits per heavy atom. The Labute approximate surface area is 135 Å². The summed E-state index contributed by atoms with van der Waals surface area (Å²) in [5, 5.41) is 20.3. The average Bonchev–Trinajstić information content (AvgIpc) is 2.55. The molecular formula is C17H24O6. The lowest BCUT2D eigenvalue weighted by Crippen LogP contribution is -2.74. The van der Waals surface area contributed by atoms with Crippen LogP contribution in [0.15, 0.2) is 30.3 Å². The van der Waals surface area contributed by atoms with Crippen molar-refractivity contribution in [3.05, 3.63) is 35.9 Å². The predicted molar refractivity (Wildman–Crippen MR) is 81.7 cm³/mol. The Balaban J connectivity index is 1.75. The summed E-state index contributed by atoms with van der Waals surface area (Å²) in [5.74, 6) is 0. The second-order valence-corrected chi connectivity index (χ2v) is 6.38. The molecule has 1 aromatic carbocycles. The van der Waals surface area contributed by atoms with Crippen molar-refractivity contribution in [3.8, 4) is 0 Å². The van der Waals surface area contributed by atoms with Crippen LogP contribution >= 0.6 is 0 Å². The highest BCUT2D eigenvalue weighted by Gasteiger charge is 2.60. The molecule has 0 aliphatic carbocycles. The molecule has 3 aliphatic heterocycles. The minimum Gasteiger partial charge on any atom is -0.393 e. The van der Waals surface area contributed by atoms with Crippen molar-refractivity contribution >= 4 is 0 Å². The minimum absolute atomic E-state index is 0.0643. The molecule has 23 heavy (non-hydrogen) atoms. The SMILES string of the molecule is CC(C)O[C@@H]1O[C@@]2(CO)CO[C@@H]1[C@@H](OCc1ccccc1)[C@@H]2O. The Kier molecular flexibility index (Phi) is 5.01. The molecule has 3 fully saturated rings. The lowest BCUT2D eigenvalue weighted by Gasteiger charge is -2.55. The first-order valence-electron chi connectivity index (χ1n) is 7.95. The van der Waals surface area contributed by atoms with Crippen molar-refractivity contribution < 1.29 is 29.2 Å². The third-order valence-corrected chi connectivity index (χ3v) is 4.27. The van der Waals surface area contributed by atoms with E-state index in [1.807, 2.05) is 44.2 Å². The summed E-state index contributed by atoms with van der Waals surface area (Å²) >= 11 is 0. The molecule has 2 N–H and O–H groups in total. The summed E-state index contributed by atoms with van der Waals surface area (Å²) in [5.41, 5.74) is -0.197. The lowest BCUT2D eigenvalue weighted by molar-refractivity contribution is -0.405. The van der Waals surface area contributed by atoms with Crippen molar-refractivity contribution in [1.82, 2.24) is 0 Å². The molecule has 2 bridgehead atoms. The van der Waals surface area contributed by atoms with Gasteiger partial charge in [-0.3, -0.25) is 0 Å². The minimum atomic E-state index is -1.20. The van der Waals surface area contributed by atoms with Crippen molar-refractivity contribution in [3.63, 3.8) is 0 Å². The van der Waals surface area contributed by atoms with Crippen molar-refractivity contribution in [1.29, 1.82) is 0 Å². The highest BCUT2D eigenvalue weighted by molar-refractivity contribution is 5.14. The molecule has 3 saturated heterocycles. The highest BCUT2D eigenvalue weighted by Crippen LogP contribution is 2.39. The van der Waals surface area contributed by atoms with E-state index in [9.17, 15) is 10.2 Å². The molecule has 0 saturated carbocycles. The zero-order chi connectivity index (χ0) is 16.4. The third kappa shape index (κ3) is 3.28. The van der Waals surface area contributed by atoms with E-state index in [-0.39, 0.29) is 19.3 Å². The zero-order valence-corrected chi connectivity index (χ0v) is 13.4. The number of aliphatic hydroxyl groups excluding tert-OH is 2. The Hall–Kier alpha value is -1.02. The number of hydrogen-bond acceptors (Lipinski definition) is 6. The van der Waals surface area contributed by atoms with E-state index in [0.717, 1.165) is 5.56 Å². The molecule has 6 nitrogen and oxygen atoms in total. The van der Waals surface area contributed by atoms with Gasteiger partial charge in [-0.05, 0) is 19.4 Å². The first-order valence-corrected chi connectivity index (χ1v) is 7.95. The zero-order valence-electron chi connectivity index (χ0n) is 13.4. The van der Waals surface area contributed by atoms with Gasteiger partial charge in [-0.1, -0.05) is 30.3 Å². The van der Waals surface area contributed by atoms with Crippen LogP contribution in [0, 0.1) is 0 Å². The molecule has 0 radical (unpaired) electrons. The molecule has 128 valence electrons. The molecule has 4 rings (SSSR count). The molecule has 6 heteroatoms. The van der Waals surface area contributed by atoms with Gasteiger partial charge in [-0.15, -0.1) is 0 Å². The first kappa shape index (κ1) is 16.8. The van der Waals surface area contributed by atoms with Crippen molar-refractivity contribution in [2.24, 2.45) is 0 Å². The van der Waals surface area contributed by atoms with E-state index in [2.05, 4.69) is 0 Å². The van der Waals surface area contributed by atoms with Crippen LogP contribution in [0.1, 0.15) is 19.4 Å². The summed E-state index contributed by atoms with van der Waals surface area (Å²) < 4.78 is 23.2. The molecule has 0 aromatic heterocycles. The molecule has 0 spiro atoms. The lowest BCUT2D eigenvalue weighted by atomic mass is 9.84. The standard InChI is InChI=1S/C17H24O6/c1-11(2)22-16-14-13(20-8-12-6-4-3-5-7-12)15(19)17(9-18,23-16)10-21-14/h3-7,11,13-16,18-19H,8-10H2,1-2H3/t13-,14-,15+,16-,17+/m1/s1. The number of hydrogen-bond donors (Lipinski definition) is 2. The molecule has 3 aliphatic rings. The number of ether oxygens (including phenoxy) is 4. The van der Waals surface area contributed by atoms with E-state index in [0.29, 0.717) is 6.61 Å². The van der Waals surface area contributed by atoms with Crippen molar-refractivity contribution in [2.75, 3.05) is 13.2 Å². The first-order chi connectivity index (χ1) is 11.1. The van der Waals surface area contributed by atoms with Gasteiger partial charge in [-0.2, -0.15) is 0 Å². The van der Waals surface area contributed by atoms with E-state index < -0.39 is 30.2 Å². The van der Waals surface area contributed by atoms with Crippen LogP contribution in [-0.4, -0.2) is 59.7 Å². The summed E-state index contributed by atoms with van der Waals surface area (Å²) in [6.07, 6.45) is -2.84. The van der Waals surface area contributed by atoms with Gasteiger partial charge in [0.15, 0.2) is 6.29 Å². The molecule has 0 amide bonds. The quantitative estimate of drug-likeness (QED) is 0.808. The van der Waals surface area contributed by atoms with Crippen LogP contribution in [0.5, 0.6) is 0 Å². The van der Waals surface area contributed by atoms with Crippen LogP contribution in [0.25, 0.3) is 0 Å². The molecule has 5 atom stereocenters. The van der Waals surface area contributed by atoms with Gasteiger partial charge in [0.1, 0.15) is 23.9 Å². The second-order valence-electron chi connectivity index (χ2n) is 6.38. The number of fused-ring (bicyclic) bond motifs is 3. The van der Waals surface area contributed by atoms with Crippen LogP contribution in [0.4, 0.5) is 0 Å². The highest BCUT2D eigenvalue weighted by atomic mass is 16.7. The van der Waals surface area contributed by atoms with E-state index >= 15 is 0 Å². The maximum Gasteiger partial charge on any atom is 0.187 e. The maximum absolute atomic E-state index is 10.6. The number of benzene rings is 1. The fourth-order valence-electron chi connectivity index (χ4n) is 3.03. The topological polar surface area (TPSA) is 77.4 Å². The smallest absolute Gasteiger partial charge is 0.187 e. The average molecular weight is 324 g/mol. The fraction of sp³-hybridized carbons (Fsp3) is 0.647. The van der Waals surface area contributed by atoms with Gasteiger partial charge in [0.2, 0.25) is 0 Å². The van der Waals surface area contributed by atoms with Crippen LogP contribution in [0.2, 0.25) is 0 Å². The van der Waals surface area contributed by atoms with Gasteiger partial charge in [-0.25, -0.2) is 0 Å². The summed E-state index contributed by atoms with van der Waals surface area (Å²) in [6.45, 7) is 3.90. The van der Waals surface area contributed by atoms with Gasteiger partial charge >= 0.3 is 0 Å². The predicted octanol–water partition coefficient (Wildman–Crippen LogP) is 0.844. The van der Waals surface area contributed by atoms with E-state index in [4.69, 9.17) is 18.9 Å². The summed E-state index contributed by atoms with van der Waals surface area (Å²) in [7, 11) is 0.